The van der Waals surface area contributed by atoms with E-state index in [-0.39, 0.29) is 23.8 Å². The van der Waals surface area contributed by atoms with Crippen molar-refractivity contribution in [3.63, 3.8) is 0 Å². The van der Waals surface area contributed by atoms with Crippen LogP contribution in [0.4, 0.5) is 0 Å². The Morgan fingerprint density at radius 1 is 1.14 bits per heavy atom. The Bertz CT molecular complexity index is 955. The number of nitrogens with zero attached hydrogens (tertiary/aromatic N) is 1. The van der Waals surface area contributed by atoms with E-state index in [2.05, 4.69) is 37.3 Å². The number of hydrogen-bond donors (Lipinski definition) is 1. The van der Waals surface area contributed by atoms with E-state index in [4.69, 9.17) is 4.74 Å². The van der Waals surface area contributed by atoms with Crippen molar-refractivity contribution in [2.75, 3.05) is 13.7 Å². The van der Waals surface area contributed by atoms with Gasteiger partial charge in [0.15, 0.2) is 0 Å². The maximum atomic E-state index is 12.4. The van der Waals surface area contributed by atoms with E-state index in [1.165, 1.54) is 36.9 Å². The van der Waals surface area contributed by atoms with Crippen molar-refractivity contribution in [1.82, 2.24) is 4.90 Å². The lowest BCUT2D eigenvalue weighted by Gasteiger charge is -2.23. The first-order valence-corrected chi connectivity index (χ1v) is 13.7. The molecule has 1 fully saturated rings. The van der Waals surface area contributed by atoms with Gasteiger partial charge in [-0.1, -0.05) is 62.2 Å². The van der Waals surface area contributed by atoms with E-state index >= 15 is 0 Å². The summed E-state index contributed by atoms with van der Waals surface area (Å²) in [6.07, 6.45) is 12.1. The van der Waals surface area contributed by atoms with Gasteiger partial charge in [-0.15, -0.1) is 11.3 Å². The zero-order valence-electron chi connectivity index (χ0n) is 21.0. The van der Waals surface area contributed by atoms with Crippen molar-refractivity contribution in [2.45, 2.75) is 76.9 Å². The summed E-state index contributed by atoms with van der Waals surface area (Å²) in [7, 11) is 1.39. The van der Waals surface area contributed by atoms with Crippen LogP contribution < -0.4 is 0 Å². The molecule has 1 aromatic carbocycles. The van der Waals surface area contributed by atoms with Crippen LogP contribution in [0.2, 0.25) is 0 Å². The van der Waals surface area contributed by atoms with Crippen LogP contribution in [0.1, 0.15) is 72.0 Å². The predicted molar refractivity (Wildman–Crippen MR) is 142 cm³/mol. The fourth-order valence-corrected chi connectivity index (χ4v) is 5.58. The predicted octanol–water partition coefficient (Wildman–Crippen LogP) is 5.81. The summed E-state index contributed by atoms with van der Waals surface area (Å²) in [4.78, 5) is 27.7. The van der Waals surface area contributed by atoms with E-state index in [0.717, 1.165) is 43.4 Å². The van der Waals surface area contributed by atoms with Crippen molar-refractivity contribution in [2.24, 2.45) is 5.92 Å². The number of benzene rings is 1. The Kier molecular flexibility index (Phi) is 11.0. The number of methoxy groups -OCH3 is 1. The number of aliphatic hydroxyl groups is 1. The number of amides is 1. The lowest BCUT2D eigenvalue weighted by molar-refractivity contribution is -0.128. The van der Waals surface area contributed by atoms with Crippen molar-refractivity contribution in [1.29, 1.82) is 0 Å². The Labute approximate surface area is 213 Å². The fourth-order valence-electron chi connectivity index (χ4n) is 4.61. The summed E-state index contributed by atoms with van der Waals surface area (Å²) in [5.41, 5.74) is 1.39. The minimum atomic E-state index is -0.482. The maximum Gasteiger partial charge on any atom is 0.348 e. The number of thiophene rings is 1. The van der Waals surface area contributed by atoms with Gasteiger partial charge in [0.2, 0.25) is 5.91 Å². The Morgan fingerprint density at radius 3 is 2.71 bits per heavy atom. The number of rotatable bonds is 14. The van der Waals surface area contributed by atoms with Gasteiger partial charge in [0.1, 0.15) is 4.88 Å². The van der Waals surface area contributed by atoms with Crippen LogP contribution in [0.25, 0.3) is 0 Å². The van der Waals surface area contributed by atoms with E-state index in [1.54, 1.807) is 6.07 Å². The standard InChI is InChI=1S/C29H39NO4S/c1-22(10-5-3-6-11-23-12-7-4-8-13-23)26(31)18-15-24-16-20-28(32)30(24)21-9-14-25-17-19-27(35-25)29(33)34-2/h4,7-8,12-13,15,17-19,22,24,26,31H,3,5-6,9-11,14,16,20-21H2,1-2H3/b18-15+/t22-,24+,26-/m1/s1. The molecule has 1 amide bonds. The molecule has 5 nitrogen and oxygen atoms in total. The van der Waals surface area contributed by atoms with Crippen LogP contribution in [-0.4, -0.2) is 47.7 Å². The number of carbonyl (C=O) groups is 2. The maximum absolute atomic E-state index is 12.4. The average molecular weight is 498 g/mol. The molecule has 0 aliphatic carbocycles. The first-order valence-electron chi connectivity index (χ1n) is 12.8. The molecule has 1 aliphatic rings. The van der Waals surface area contributed by atoms with Gasteiger partial charge in [0.05, 0.1) is 19.3 Å². The van der Waals surface area contributed by atoms with Crippen LogP contribution in [0.3, 0.4) is 0 Å². The number of unbranched alkanes of at least 4 members (excludes halogenated alkanes) is 2. The third-order valence-corrected chi connectivity index (χ3v) is 7.95. The SMILES string of the molecule is COC(=O)c1ccc(CCCN2C(=O)CC[C@@H]2/C=C/[C@@H](O)[C@H](C)CCCCCc2ccccc2)s1. The summed E-state index contributed by atoms with van der Waals surface area (Å²) < 4.78 is 4.77. The molecule has 0 spiro atoms. The largest absolute Gasteiger partial charge is 0.465 e. The van der Waals surface area contributed by atoms with Gasteiger partial charge in [0.25, 0.3) is 0 Å². The second kappa shape index (κ2) is 14.2. The van der Waals surface area contributed by atoms with Crippen LogP contribution in [0.15, 0.2) is 54.6 Å². The molecule has 0 bridgehead atoms. The molecular weight excluding hydrogens is 458 g/mol. The molecule has 0 unspecified atom stereocenters. The summed E-state index contributed by atoms with van der Waals surface area (Å²) in [5.74, 6) is 0.0829. The van der Waals surface area contributed by atoms with Crippen molar-refractivity contribution < 1.29 is 19.4 Å². The normalized spacial score (nSPS) is 17.7. The molecule has 0 radical (unpaired) electrons. The Hall–Kier alpha value is -2.44. The van der Waals surface area contributed by atoms with Crippen LogP contribution >= 0.6 is 11.3 Å². The lowest BCUT2D eigenvalue weighted by Crippen LogP contribution is -2.33. The monoisotopic (exact) mass is 497 g/mol. The van der Waals surface area contributed by atoms with Gasteiger partial charge < -0.3 is 14.7 Å². The number of hydrogen-bond acceptors (Lipinski definition) is 5. The van der Waals surface area contributed by atoms with Gasteiger partial charge in [-0.25, -0.2) is 4.79 Å². The molecule has 2 heterocycles. The second-order valence-corrected chi connectivity index (χ2v) is 10.7. The number of aliphatic hydroxyl groups excluding tert-OH is 1. The van der Waals surface area contributed by atoms with Crippen molar-refractivity contribution in [3.8, 4) is 0 Å². The minimum absolute atomic E-state index is 0.0594. The van der Waals surface area contributed by atoms with Gasteiger partial charge in [0, 0.05) is 17.8 Å². The molecule has 6 heteroatoms. The highest BCUT2D eigenvalue weighted by Gasteiger charge is 2.28. The highest BCUT2D eigenvalue weighted by Crippen LogP contribution is 2.24. The van der Waals surface area contributed by atoms with Crippen LogP contribution in [0, 0.1) is 5.92 Å². The third-order valence-electron chi connectivity index (χ3n) is 6.83. The molecule has 1 aliphatic heterocycles. The van der Waals surface area contributed by atoms with E-state index in [0.29, 0.717) is 17.8 Å². The highest BCUT2D eigenvalue weighted by molar-refractivity contribution is 7.13. The molecule has 2 aromatic rings. The summed E-state index contributed by atoms with van der Waals surface area (Å²) in [5, 5.41) is 10.6. The number of aryl methyl sites for hydroxylation is 2. The smallest absolute Gasteiger partial charge is 0.348 e. The first kappa shape index (κ1) is 27.2. The van der Waals surface area contributed by atoms with Gasteiger partial charge in [-0.05, 0) is 62.1 Å². The highest BCUT2D eigenvalue weighted by atomic mass is 32.1. The molecule has 1 aromatic heterocycles. The quantitative estimate of drug-likeness (QED) is 0.203. The summed E-state index contributed by atoms with van der Waals surface area (Å²) >= 11 is 1.45. The minimum Gasteiger partial charge on any atom is -0.465 e. The number of likely N-dealkylation sites (tertiary alicyclic amines) is 1. The van der Waals surface area contributed by atoms with Gasteiger partial charge in [-0.2, -0.15) is 0 Å². The number of ether oxygens (including phenoxy) is 1. The first-order chi connectivity index (χ1) is 17.0. The molecular formula is C29H39NO4S. The molecule has 3 atom stereocenters. The van der Waals surface area contributed by atoms with Gasteiger partial charge in [-0.3, -0.25) is 4.79 Å². The summed E-state index contributed by atoms with van der Waals surface area (Å²) in [6, 6.07) is 14.4. The van der Waals surface area contributed by atoms with Crippen molar-refractivity contribution in [3.05, 3.63) is 69.9 Å². The van der Waals surface area contributed by atoms with Crippen LogP contribution in [-0.2, 0) is 22.4 Å². The second-order valence-electron chi connectivity index (χ2n) is 9.49. The van der Waals surface area contributed by atoms with Crippen LogP contribution in [0.5, 0.6) is 0 Å². The van der Waals surface area contributed by atoms with E-state index in [1.807, 2.05) is 23.1 Å². The molecule has 1 saturated heterocycles. The van der Waals surface area contributed by atoms with Crippen molar-refractivity contribution >= 4 is 23.2 Å². The average Bonchev–Trinajstić information content (AvgIpc) is 3.49. The molecule has 35 heavy (non-hydrogen) atoms. The molecule has 3 rings (SSSR count). The van der Waals surface area contributed by atoms with Gasteiger partial charge >= 0.3 is 5.97 Å². The lowest BCUT2D eigenvalue weighted by atomic mass is 9.95. The summed E-state index contributed by atoms with van der Waals surface area (Å²) in [6.45, 7) is 2.79. The molecule has 190 valence electrons. The number of esters is 1. The Balaban J connectivity index is 1.37. The molecule has 0 saturated carbocycles. The molecule has 1 N–H and O–H groups in total. The zero-order chi connectivity index (χ0) is 25.0. The topological polar surface area (TPSA) is 66.8 Å². The number of carbonyl (C=O) groups excluding carboxylic acids is 2. The van der Waals surface area contributed by atoms with E-state index in [9.17, 15) is 14.7 Å². The Morgan fingerprint density at radius 2 is 1.94 bits per heavy atom. The fraction of sp³-hybridized carbons (Fsp3) is 0.517. The van der Waals surface area contributed by atoms with E-state index < -0.39 is 6.10 Å². The zero-order valence-corrected chi connectivity index (χ0v) is 21.8. The third kappa shape index (κ3) is 8.62.